The van der Waals surface area contributed by atoms with Crippen molar-refractivity contribution in [2.24, 2.45) is 0 Å². The number of aromatic nitrogens is 2. The number of aliphatic hydroxyl groups excluding tert-OH is 1. The molecule has 0 amide bonds. The molecule has 0 unspecified atom stereocenters. The Kier molecular flexibility index (Phi) is 3.51. The topological polar surface area (TPSA) is 72.2 Å². The highest BCUT2D eigenvalue weighted by Gasteiger charge is 2.21. The summed E-state index contributed by atoms with van der Waals surface area (Å²) < 4.78 is 24.5. The molecule has 15 heavy (non-hydrogen) atoms. The molecule has 0 radical (unpaired) electrons. The molecule has 6 heteroatoms. The van der Waals surface area contributed by atoms with Gasteiger partial charge in [-0.3, -0.25) is 0 Å². The molecule has 86 valence electrons. The summed E-state index contributed by atoms with van der Waals surface area (Å²) in [6, 6.07) is 0.0133. The van der Waals surface area contributed by atoms with E-state index in [0.717, 1.165) is 12.7 Å². The van der Waals surface area contributed by atoms with Gasteiger partial charge in [0.25, 0.3) is 0 Å². The highest BCUT2D eigenvalue weighted by molar-refractivity contribution is 7.90. The average Bonchev–Trinajstić information content (AvgIpc) is 2.59. The first-order valence-electron chi connectivity index (χ1n) is 4.78. The summed E-state index contributed by atoms with van der Waals surface area (Å²) in [6.07, 6.45) is 3.31. The van der Waals surface area contributed by atoms with Crippen molar-refractivity contribution in [3.8, 4) is 0 Å². The number of aliphatic hydroxyl groups is 1. The van der Waals surface area contributed by atoms with Gasteiger partial charge in [0.15, 0.2) is 0 Å². The van der Waals surface area contributed by atoms with Gasteiger partial charge in [0.05, 0.1) is 18.5 Å². The van der Waals surface area contributed by atoms with Crippen LogP contribution in [0.5, 0.6) is 0 Å². The smallest absolute Gasteiger partial charge is 0.227 e. The van der Waals surface area contributed by atoms with Crippen molar-refractivity contribution in [2.75, 3.05) is 6.26 Å². The van der Waals surface area contributed by atoms with Crippen LogP contribution in [-0.4, -0.2) is 29.3 Å². The lowest BCUT2D eigenvalue weighted by Crippen LogP contribution is -2.15. The first kappa shape index (κ1) is 12.2. The van der Waals surface area contributed by atoms with E-state index in [0.29, 0.717) is 5.69 Å². The van der Waals surface area contributed by atoms with Gasteiger partial charge in [-0.1, -0.05) is 6.92 Å². The monoisotopic (exact) mass is 232 g/mol. The summed E-state index contributed by atoms with van der Waals surface area (Å²) in [4.78, 5) is 3.84. The molecule has 0 spiro atoms. The van der Waals surface area contributed by atoms with Crippen LogP contribution in [0.15, 0.2) is 11.4 Å². The normalized spacial score (nSPS) is 14.1. The van der Waals surface area contributed by atoms with Crippen molar-refractivity contribution in [1.82, 2.24) is 9.55 Å². The van der Waals surface area contributed by atoms with Gasteiger partial charge in [-0.15, -0.1) is 0 Å². The number of hydrogen-bond acceptors (Lipinski definition) is 4. The van der Waals surface area contributed by atoms with Gasteiger partial charge < -0.3 is 9.67 Å². The van der Waals surface area contributed by atoms with E-state index in [4.69, 9.17) is 5.11 Å². The minimum Gasteiger partial charge on any atom is -0.390 e. The third kappa shape index (κ3) is 2.38. The van der Waals surface area contributed by atoms with Crippen LogP contribution in [-0.2, 0) is 16.4 Å². The van der Waals surface area contributed by atoms with Crippen LogP contribution in [0.4, 0.5) is 0 Å². The van der Waals surface area contributed by atoms with Crippen LogP contribution in [0.3, 0.4) is 0 Å². The highest BCUT2D eigenvalue weighted by Crippen LogP contribution is 2.20. The number of rotatable bonds is 4. The SMILES string of the molecule is CC[C@@H](C)n1c(CO)cnc1S(C)(=O)=O. The number of imidazole rings is 1. The van der Waals surface area contributed by atoms with Crippen LogP contribution in [0, 0.1) is 0 Å². The van der Waals surface area contributed by atoms with Crippen LogP contribution in [0.25, 0.3) is 0 Å². The fraction of sp³-hybridized carbons (Fsp3) is 0.667. The quantitative estimate of drug-likeness (QED) is 0.831. The molecule has 0 aliphatic heterocycles. The minimum atomic E-state index is -3.34. The fourth-order valence-corrected chi connectivity index (χ4v) is 2.32. The maximum Gasteiger partial charge on any atom is 0.227 e. The van der Waals surface area contributed by atoms with Gasteiger partial charge in [0.1, 0.15) is 0 Å². The lowest BCUT2D eigenvalue weighted by atomic mass is 10.2. The molecule has 0 aromatic carbocycles. The molecular formula is C9H16N2O3S. The minimum absolute atomic E-state index is 0.0133. The van der Waals surface area contributed by atoms with Gasteiger partial charge in [-0.05, 0) is 13.3 Å². The number of nitrogens with zero attached hydrogens (tertiary/aromatic N) is 2. The van der Waals surface area contributed by atoms with Crippen molar-refractivity contribution in [3.05, 3.63) is 11.9 Å². The molecule has 1 rings (SSSR count). The van der Waals surface area contributed by atoms with Crippen molar-refractivity contribution in [3.63, 3.8) is 0 Å². The van der Waals surface area contributed by atoms with Gasteiger partial charge >= 0.3 is 0 Å². The lowest BCUT2D eigenvalue weighted by molar-refractivity contribution is 0.263. The molecule has 1 N–H and O–H groups in total. The Morgan fingerprint density at radius 2 is 2.20 bits per heavy atom. The average molecular weight is 232 g/mol. The Morgan fingerprint density at radius 1 is 1.60 bits per heavy atom. The Labute approximate surface area is 89.7 Å². The summed E-state index contributed by atoms with van der Waals surface area (Å²) in [5, 5.41) is 9.11. The predicted molar refractivity (Wildman–Crippen MR) is 56.3 cm³/mol. The number of hydrogen-bond donors (Lipinski definition) is 1. The van der Waals surface area contributed by atoms with Crippen LogP contribution >= 0.6 is 0 Å². The molecule has 1 heterocycles. The van der Waals surface area contributed by atoms with Crippen LogP contribution < -0.4 is 0 Å². The van der Waals surface area contributed by atoms with Gasteiger partial charge in [0.2, 0.25) is 15.0 Å². The van der Waals surface area contributed by atoms with Gasteiger partial charge in [-0.2, -0.15) is 0 Å². The van der Waals surface area contributed by atoms with Gasteiger partial charge in [0, 0.05) is 12.3 Å². The summed E-state index contributed by atoms with van der Waals surface area (Å²) in [5.41, 5.74) is 0.532. The van der Waals surface area contributed by atoms with E-state index in [1.54, 1.807) is 4.57 Å². The highest BCUT2D eigenvalue weighted by atomic mass is 32.2. The van der Waals surface area contributed by atoms with E-state index in [2.05, 4.69) is 4.98 Å². The fourth-order valence-electron chi connectivity index (χ4n) is 1.42. The second-order valence-corrected chi connectivity index (χ2v) is 5.50. The Morgan fingerprint density at radius 3 is 2.60 bits per heavy atom. The summed E-state index contributed by atoms with van der Waals surface area (Å²) in [5.74, 6) is 0. The lowest BCUT2D eigenvalue weighted by Gasteiger charge is -2.16. The molecule has 0 bridgehead atoms. The maximum absolute atomic E-state index is 11.4. The third-order valence-electron chi connectivity index (χ3n) is 2.36. The standard InChI is InChI=1S/C9H16N2O3S/c1-4-7(2)11-8(6-12)5-10-9(11)15(3,13)14/h5,7,12H,4,6H2,1-3H3/t7-/m1/s1. The van der Waals surface area contributed by atoms with Crippen molar-refractivity contribution >= 4 is 9.84 Å². The zero-order valence-corrected chi connectivity index (χ0v) is 9.95. The Bertz CT molecular complexity index is 436. The second-order valence-electron chi connectivity index (χ2n) is 3.59. The molecule has 0 fully saturated rings. The zero-order chi connectivity index (χ0) is 11.6. The molecule has 1 aromatic rings. The van der Waals surface area contributed by atoms with E-state index in [1.165, 1.54) is 6.20 Å². The molecule has 0 aliphatic carbocycles. The molecule has 0 saturated carbocycles. The Hall–Kier alpha value is -0.880. The molecule has 1 atom stereocenters. The maximum atomic E-state index is 11.4. The number of sulfone groups is 1. The van der Waals surface area contributed by atoms with Crippen molar-refractivity contribution < 1.29 is 13.5 Å². The molecule has 1 aromatic heterocycles. The van der Waals surface area contributed by atoms with Gasteiger partial charge in [-0.25, -0.2) is 13.4 Å². The largest absolute Gasteiger partial charge is 0.390 e. The van der Waals surface area contributed by atoms with E-state index in [-0.39, 0.29) is 17.8 Å². The van der Waals surface area contributed by atoms with Crippen molar-refractivity contribution in [2.45, 2.75) is 38.1 Å². The first-order chi connectivity index (χ1) is 6.91. The molecule has 5 nitrogen and oxygen atoms in total. The predicted octanol–water partition coefficient (Wildman–Crippen LogP) is 0.750. The first-order valence-corrected chi connectivity index (χ1v) is 6.68. The summed E-state index contributed by atoms with van der Waals surface area (Å²) >= 11 is 0. The van der Waals surface area contributed by atoms with E-state index >= 15 is 0 Å². The Balaban J connectivity index is 3.36. The third-order valence-corrected chi connectivity index (χ3v) is 3.33. The second kappa shape index (κ2) is 4.32. The van der Waals surface area contributed by atoms with Crippen LogP contribution in [0.1, 0.15) is 32.0 Å². The molecule has 0 aliphatic rings. The van der Waals surface area contributed by atoms with E-state index in [9.17, 15) is 8.42 Å². The molecular weight excluding hydrogens is 216 g/mol. The van der Waals surface area contributed by atoms with Crippen molar-refractivity contribution in [1.29, 1.82) is 0 Å². The van der Waals surface area contributed by atoms with E-state index < -0.39 is 9.84 Å². The summed E-state index contributed by atoms with van der Waals surface area (Å²) in [7, 11) is -3.34. The van der Waals surface area contributed by atoms with Crippen LogP contribution in [0.2, 0.25) is 0 Å². The van der Waals surface area contributed by atoms with E-state index in [1.807, 2.05) is 13.8 Å². The summed E-state index contributed by atoms with van der Waals surface area (Å²) in [6.45, 7) is 3.65. The zero-order valence-electron chi connectivity index (χ0n) is 9.14. The molecule has 0 saturated heterocycles.